The molecule has 112 valence electrons. The number of ether oxygens (including phenoxy) is 1. The van der Waals surface area contributed by atoms with Crippen LogP contribution in [-0.2, 0) is 6.42 Å². The summed E-state index contributed by atoms with van der Waals surface area (Å²) in [5.74, 6) is 0.723. The Bertz CT molecular complexity index is 827. The van der Waals surface area contributed by atoms with Gasteiger partial charge in [-0.15, -0.1) is 0 Å². The largest absolute Gasteiger partial charge is 0.507 e. The fourth-order valence-corrected chi connectivity index (χ4v) is 2.27. The summed E-state index contributed by atoms with van der Waals surface area (Å²) in [6.45, 7) is 0.440. The molecule has 0 aliphatic heterocycles. The van der Waals surface area contributed by atoms with Crippen LogP contribution >= 0.6 is 0 Å². The topological polar surface area (TPSA) is 72.6 Å². The number of hydrogen-bond donors (Lipinski definition) is 1. The minimum absolute atomic E-state index is 0.00392. The first-order valence-electron chi connectivity index (χ1n) is 7.02. The van der Waals surface area contributed by atoms with E-state index in [1.54, 1.807) is 48.8 Å². The van der Waals surface area contributed by atoms with E-state index in [4.69, 9.17) is 9.15 Å². The molecular weight excluding hydrogens is 282 g/mol. The molecule has 0 aliphatic rings. The predicted octanol–water partition coefficient (Wildman–Crippen LogP) is 2.91. The molecule has 5 heteroatoms. The van der Waals surface area contributed by atoms with Crippen LogP contribution < -0.4 is 10.4 Å². The van der Waals surface area contributed by atoms with Crippen LogP contribution in [0, 0.1) is 0 Å². The van der Waals surface area contributed by atoms with E-state index in [0.29, 0.717) is 30.4 Å². The lowest BCUT2D eigenvalue weighted by Gasteiger charge is -2.07. The van der Waals surface area contributed by atoms with Gasteiger partial charge in [0.2, 0.25) is 0 Å². The third-order valence-corrected chi connectivity index (χ3v) is 3.37. The molecule has 0 saturated carbocycles. The predicted molar refractivity (Wildman–Crippen MR) is 82.2 cm³/mol. The first-order chi connectivity index (χ1) is 10.8. The molecule has 22 heavy (non-hydrogen) atoms. The molecule has 0 fully saturated rings. The van der Waals surface area contributed by atoms with Crippen LogP contribution in [0.25, 0.3) is 11.0 Å². The van der Waals surface area contributed by atoms with Crippen molar-refractivity contribution in [1.29, 1.82) is 0 Å². The van der Waals surface area contributed by atoms with Crippen molar-refractivity contribution in [2.24, 2.45) is 0 Å². The molecule has 0 saturated heterocycles. The van der Waals surface area contributed by atoms with E-state index in [1.165, 1.54) is 0 Å². The van der Waals surface area contributed by atoms with Crippen LogP contribution in [0.2, 0.25) is 0 Å². The Labute approximate surface area is 126 Å². The van der Waals surface area contributed by atoms with Crippen LogP contribution in [0.3, 0.4) is 0 Å². The molecule has 0 aliphatic carbocycles. The second-order valence-corrected chi connectivity index (χ2v) is 4.85. The summed E-state index contributed by atoms with van der Waals surface area (Å²) in [5, 5.41) is 10.8. The standard InChI is InChI=1S/C17H15NO4/c19-16-13-4-1-2-6-15(13)22-17(20)14(16)5-3-11-21-12-7-9-18-10-8-12/h1-2,4,6-10,19H,3,5,11H2. The van der Waals surface area contributed by atoms with E-state index in [-0.39, 0.29) is 11.3 Å². The molecule has 2 aromatic heterocycles. The van der Waals surface area contributed by atoms with Gasteiger partial charge in [-0.3, -0.25) is 4.98 Å². The van der Waals surface area contributed by atoms with Crippen LogP contribution in [0.1, 0.15) is 12.0 Å². The number of pyridine rings is 1. The molecule has 3 aromatic rings. The highest BCUT2D eigenvalue weighted by atomic mass is 16.5. The lowest BCUT2D eigenvalue weighted by atomic mass is 10.1. The van der Waals surface area contributed by atoms with Gasteiger partial charge >= 0.3 is 5.63 Å². The SMILES string of the molecule is O=c1oc2ccccc2c(O)c1CCCOc1ccncc1. The van der Waals surface area contributed by atoms with E-state index in [0.717, 1.165) is 5.75 Å². The Balaban J connectivity index is 1.70. The van der Waals surface area contributed by atoms with Gasteiger partial charge in [-0.05, 0) is 37.1 Å². The summed E-state index contributed by atoms with van der Waals surface area (Å²) in [5.41, 5.74) is 0.180. The highest BCUT2D eigenvalue weighted by Gasteiger charge is 2.13. The fourth-order valence-electron chi connectivity index (χ4n) is 2.27. The third-order valence-electron chi connectivity index (χ3n) is 3.37. The second kappa shape index (κ2) is 6.30. The number of rotatable bonds is 5. The van der Waals surface area contributed by atoms with E-state index < -0.39 is 5.63 Å². The van der Waals surface area contributed by atoms with Gasteiger partial charge in [-0.2, -0.15) is 0 Å². The molecule has 0 amide bonds. The zero-order valence-corrected chi connectivity index (χ0v) is 11.9. The highest BCUT2D eigenvalue weighted by molar-refractivity contribution is 5.83. The number of para-hydroxylation sites is 1. The van der Waals surface area contributed by atoms with Gasteiger partial charge < -0.3 is 14.3 Å². The van der Waals surface area contributed by atoms with Crippen molar-refractivity contribution in [3.05, 3.63) is 64.8 Å². The van der Waals surface area contributed by atoms with Gasteiger partial charge in [0.15, 0.2) is 0 Å². The molecular formula is C17H15NO4. The summed E-state index contributed by atoms with van der Waals surface area (Å²) in [6, 6.07) is 10.5. The van der Waals surface area contributed by atoms with Crippen LogP contribution in [0.5, 0.6) is 11.5 Å². The third kappa shape index (κ3) is 2.93. The summed E-state index contributed by atoms with van der Waals surface area (Å²) < 4.78 is 10.8. The number of benzene rings is 1. The van der Waals surface area contributed by atoms with Gasteiger partial charge in [-0.25, -0.2) is 4.79 Å². The van der Waals surface area contributed by atoms with E-state index >= 15 is 0 Å². The summed E-state index contributed by atoms with van der Waals surface area (Å²) in [6.07, 6.45) is 4.29. The molecule has 0 spiro atoms. The summed E-state index contributed by atoms with van der Waals surface area (Å²) in [7, 11) is 0. The first-order valence-corrected chi connectivity index (χ1v) is 7.02. The molecule has 0 radical (unpaired) electrons. The number of aromatic hydroxyl groups is 1. The quantitative estimate of drug-likeness (QED) is 0.579. The van der Waals surface area contributed by atoms with Gasteiger partial charge in [-0.1, -0.05) is 12.1 Å². The van der Waals surface area contributed by atoms with Crippen LogP contribution in [-0.4, -0.2) is 16.7 Å². The highest BCUT2D eigenvalue weighted by Crippen LogP contribution is 2.26. The number of nitrogens with zero attached hydrogens (tertiary/aromatic N) is 1. The van der Waals surface area contributed by atoms with Gasteiger partial charge in [0.1, 0.15) is 17.1 Å². The smallest absolute Gasteiger partial charge is 0.343 e. The van der Waals surface area contributed by atoms with Gasteiger partial charge in [0.25, 0.3) is 0 Å². The van der Waals surface area contributed by atoms with Crippen molar-refractivity contribution in [2.45, 2.75) is 12.8 Å². The molecule has 0 unspecified atom stereocenters. The van der Waals surface area contributed by atoms with E-state index in [9.17, 15) is 9.90 Å². The lowest BCUT2D eigenvalue weighted by Crippen LogP contribution is -2.10. The number of aromatic nitrogens is 1. The van der Waals surface area contributed by atoms with E-state index in [1.807, 2.05) is 0 Å². The first kappa shape index (κ1) is 14.1. The van der Waals surface area contributed by atoms with Gasteiger partial charge in [0.05, 0.1) is 17.6 Å². The molecule has 1 aromatic carbocycles. The normalized spacial score (nSPS) is 10.7. The van der Waals surface area contributed by atoms with Crippen LogP contribution in [0.15, 0.2) is 58.0 Å². The Kier molecular flexibility index (Phi) is 4.05. The Morgan fingerprint density at radius 1 is 1.14 bits per heavy atom. The Hall–Kier alpha value is -2.82. The summed E-state index contributed by atoms with van der Waals surface area (Å²) >= 11 is 0. The summed E-state index contributed by atoms with van der Waals surface area (Å²) in [4.78, 5) is 15.8. The van der Waals surface area contributed by atoms with Crippen molar-refractivity contribution < 1.29 is 14.3 Å². The van der Waals surface area contributed by atoms with Crippen molar-refractivity contribution in [1.82, 2.24) is 4.98 Å². The maximum atomic E-state index is 11.9. The van der Waals surface area contributed by atoms with Crippen LogP contribution in [0.4, 0.5) is 0 Å². The van der Waals surface area contributed by atoms with Crippen molar-refractivity contribution in [3.63, 3.8) is 0 Å². The average Bonchev–Trinajstić information content (AvgIpc) is 2.55. The molecule has 5 nitrogen and oxygen atoms in total. The molecule has 0 atom stereocenters. The second-order valence-electron chi connectivity index (χ2n) is 4.85. The average molecular weight is 297 g/mol. The Morgan fingerprint density at radius 3 is 2.73 bits per heavy atom. The van der Waals surface area contributed by atoms with Crippen molar-refractivity contribution in [3.8, 4) is 11.5 Å². The fraction of sp³-hybridized carbons (Fsp3) is 0.176. The van der Waals surface area contributed by atoms with Gasteiger partial charge in [0, 0.05) is 12.4 Å². The van der Waals surface area contributed by atoms with Crippen molar-refractivity contribution in [2.75, 3.05) is 6.61 Å². The van der Waals surface area contributed by atoms with Crippen molar-refractivity contribution >= 4 is 11.0 Å². The zero-order valence-electron chi connectivity index (χ0n) is 11.9. The number of hydrogen-bond acceptors (Lipinski definition) is 5. The molecule has 3 rings (SSSR count). The maximum Gasteiger partial charge on any atom is 0.343 e. The zero-order chi connectivity index (χ0) is 15.4. The minimum atomic E-state index is -0.500. The minimum Gasteiger partial charge on any atom is -0.507 e. The molecule has 1 N–H and O–H groups in total. The lowest BCUT2D eigenvalue weighted by molar-refractivity contribution is 0.309. The molecule has 0 bridgehead atoms. The Morgan fingerprint density at radius 2 is 1.91 bits per heavy atom. The molecule has 2 heterocycles. The monoisotopic (exact) mass is 297 g/mol. The van der Waals surface area contributed by atoms with E-state index in [2.05, 4.69) is 4.98 Å². The number of fused-ring (bicyclic) bond motifs is 1. The maximum absolute atomic E-state index is 11.9.